The zero-order valence-electron chi connectivity index (χ0n) is 16.8. The number of hydrogen-bond donors (Lipinski definition) is 0. The number of aryl methyl sites for hydroxylation is 1. The highest BCUT2D eigenvalue weighted by Gasteiger charge is 2.14. The predicted molar refractivity (Wildman–Crippen MR) is 121 cm³/mol. The van der Waals surface area contributed by atoms with Crippen LogP contribution in [0.25, 0.3) is 11.6 Å². The third-order valence-corrected chi connectivity index (χ3v) is 5.04. The van der Waals surface area contributed by atoms with Crippen molar-refractivity contribution >= 4 is 27.6 Å². The van der Waals surface area contributed by atoms with Crippen LogP contribution in [0.1, 0.15) is 29.2 Å². The van der Waals surface area contributed by atoms with Gasteiger partial charge in [-0.15, -0.1) is 0 Å². The van der Waals surface area contributed by atoms with Gasteiger partial charge in [0.2, 0.25) is 0 Å². The second-order valence-corrected chi connectivity index (χ2v) is 7.53. The summed E-state index contributed by atoms with van der Waals surface area (Å²) >= 11 is 3.53. The van der Waals surface area contributed by atoms with E-state index in [1.807, 2.05) is 50.2 Å². The van der Waals surface area contributed by atoms with Crippen LogP contribution in [-0.4, -0.2) is 6.61 Å². The third-order valence-electron chi connectivity index (χ3n) is 4.46. The molecule has 3 rings (SSSR count). The van der Waals surface area contributed by atoms with Gasteiger partial charge in [-0.05, 0) is 65.2 Å². The molecule has 0 N–H and O–H groups in total. The molecule has 0 saturated heterocycles. The quantitative estimate of drug-likeness (QED) is 0.280. The molecule has 0 heterocycles. The lowest BCUT2D eigenvalue weighted by Gasteiger charge is -2.15. The fourth-order valence-corrected chi connectivity index (χ4v) is 3.49. The maximum absolute atomic E-state index is 13.9. The third kappa shape index (κ3) is 5.28. The molecule has 0 atom stereocenters. The van der Waals surface area contributed by atoms with Gasteiger partial charge in [-0.25, -0.2) is 4.39 Å². The van der Waals surface area contributed by atoms with Crippen LogP contribution >= 0.6 is 15.9 Å². The van der Waals surface area contributed by atoms with Gasteiger partial charge in [-0.1, -0.05) is 48.0 Å². The molecule has 3 aromatic carbocycles. The van der Waals surface area contributed by atoms with E-state index < -0.39 is 0 Å². The van der Waals surface area contributed by atoms with Crippen LogP contribution in [0.3, 0.4) is 0 Å². The number of nitriles is 1. The Hall–Kier alpha value is -3.10. The minimum atomic E-state index is -0.317. The van der Waals surface area contributed by atoms with Crippen LogP contribution < -0.4 is 9.47 Å². The molecule has 0 radical (unpaired) electrons. The van der Waals surface area contributed by atoms with Crippen molar-refractivity contribution < 1.29 is 13.9 Å². The standard InChI is InChI=1S/C25H21BrFNO2/c1-3-29-24-14-18(12-21(15-28)19-10-8-17(2)9-11-19)13-22(26)25(24)30-16-20-6-4-5-7-23(20)27/h4-14H,3,16H2,1-2H3/b21-12+. The summed E-state index contributed by atoms with van der Waals surface area (Å²) in [6, 6.07) is 20.2. The molecule has 0 amide bonds. The number of allylic oxidation sites excluding steroid dienone is 1. The van der Waals surface area contributed by atoms with Crippen molar-refractivity contribution in [1.82, 2.24) is 0 Å². The van der Waals surface area contributed by atoms with E-state index in [-0.39, 0.29) is 12.4 Å². The zero-order chi connectivity index (χ0) is 21.5. The van der Waals surface area contributed by atoms with Gasteiger partial charge < -0.3 is 9.47 Å². The molecule has 3 nitrogen and oxygen atoms in total. The Labute approximate surface area is 184 Å². The average Bonchev–Trinajstić information content (AvgIpc) is 2.73. The molecule has 0 spiro atoms. The van der Waals surface area contributed by atoms with E-state index in [1.165, 1.54) is 6.07 Å². The summed E-state index contributed by atoms with van der Waals surface area (Å²) in [7, 11) is 0. The van der Waals surface area contributed by atoms with E-state index in [9.17, 15) is 9.65 Å². The first-order valence-electron chi connectivity index (χ1n) is 9.53. The monoisotopic (exact) mass is 465 g/mol. The van der Waals surface area contributed by atoms with E-state index in [4.69, 9.17) is 9.47 Å². The van der Waals surface area contributed by atoms with Gasteiger partial charge in [0.05, 0.1) is 22.7 Å². The van der Waals surface area contributed by atoms with Crippen LogP contribution in [-0.2, 0) is 6.61 Å². The summed E-state index contributed by atoms with van der Waals surface area (Å²) in [5, 5.41) is 9.62. The Morgan fingerprint density at radius 2 is 1.83 bits per heavy atom. The SMILES string of the molecule is CCOc1cc(/C=C(\C#N)c2ccc(C)cc2)cc(Br)c1OCc1ccccc1F. The Morgan fingerprint density at radius 1 is 1.10 bits per heavy atom. The molecule has 0 bridgehead atoms. The number of halogens is 2. The maximum Gasteiger partial charge on any atom is 0.175 e. The van der Waals surface area contributed by atoms with Crippen molar-refractivity contribution in [3.05, 3.63) is 93.2 Å². The Balaban J connectivity index is 1.93. The summed E-state index contributed by atoms with van der Waals surface area (Å²) in [6.07, 6.45) is 1.80. The van der Waals surface area contributed by atoms with Crippen molar-refractivity contribution in [3.8, 4) is 17.6 Å². The molecule has 0 aromatic heterocycles. The summed E-state index contributed by atoms with van der Waals surface area (Å²) in [5.41, 5.74) is 3.78. The summed E-state index contributed by atoms with van der Waals surface area (Å²) in [4.78, 5) is 0. The lowest BCUT2D eigenvalue weighted by atomic mass is 10.0. The predicted octanol–water partition coefficient (Wildman–Crippen LogP) is 6.94. The van der Waals surface area contributed by atoms with Gasteiger partial charge in [0.15, 0.2) is 11.5 Å². The molecule has 0 fully saturated rings. The fraction of sp³-hybridized carbons (Fsp3) is 0.160. The van der Waals surface area contributed by atoms with Gasteiger partial charge >= 0.3 is 0 Å². The minimum absolute atomic E-state index is 0.0767. The smallest absolute Gasteiger partial charge is 0.175 e. The number of hydrogen-bond acceptors (Lipinski definition) is 3. The molecule has 30 heavy (non-hydrogen) atoms. The molecule has 0 aliphatic heterocycles. The first-order valence-corrected chi connectivity index (χ1v) is 10.3. The van der Waals surface area contributed by atoms with E-state index in [0.717, 1.165) is 16.7 Å². The van der Waals surface area contributed by atoms with Crippen LogP contribution in [0.4, 0.5) is 4.39 Å². The Kier molecular flexibility index (Phi) is 7.26. The number of nitrogens with zero attached hydrogens (tertiary/aromatic N) is 1. The molecule has 0 aliphatic rings. The van der Waals surface area contributed by atoms with Gasteiger partial charge in [-0.3, -0.25) is 0 Å². The van der Waals surface area contributed by atoms with E-state index in [0.29, 0.717) is 33.7 Å². The fourth-order valence-electron chi connectivity index (χ4n) is 2.92. The second kappa shape index (κ2) is 10.1. The minimum Gasteiger partial charge on any atom is -0.490 e. The lowest BCUT2D eigenvalue weighted by Crippen LogP contribution is -2.02. The topological polar surface area (TPSA) is 42.2 Å². The van der Waals surface area contributed by atoms with Crippen molar-refractivity contribution in [1.29, 1.82) is 5.26 Å². The Bertz CT molecular complexity index is 1100. The first-order chi connectivity index (χ1) is 14.5. The van der Waals surface area contributed by atoms with Crippen LogP contribution in [0, 0.1) is 24.1 Å². The van der Waals surface area contributed by atoms with Gasteiger partial charge in [0.1, 0.15) is 12.4 Å². The lowest BCUT2D eigenvalue weighted by molar-refractivity contribution is 0.264. The van der Waals surface area contributed by atoms with Gasteiger partial charge in [0, 0.05) is 5.56 Å². The molecular weight excluding hydrogens is 445 g/mol. The molecule has 0 unspecified atom stereocenters. The normalized spacial score (nSPS) is 11.1. The molecule has 3 aromatic rings. The highest BCUT2D eigenvalue weighted by molar-refractivity contribution is 9.10. The van der Waals surface area contributed by atoms with E-state index >= 15 is 0 Å². The van der Waals surface area contributed by atoms with Crippen molar-refractivity contribution in [3.63, 3.8) is 0 Å². The zero-order valence-corrected chi connectivity index (χ0v) is 18.4. The molecular formula is C25H21BrFNO2. The molecule has 0 aliphatic carbocycles. The molecule has 0 saturated carbocycles. The molecule has 5 heteroatoms. The first kappa shape index (κ1) is 21.6. The van der Waals surface area contributed by atoms with Crippen LogP contribution in [0.5, 0.6) is 11.5 Å². The molecule has 152 valence electrons. The summed E-state index contributed by atoms with van der Waals surface area (Å²) in [6.45, 7) is 4.40. The van der Waals surface area contributed by atoms with Crippen molar-refractivity contribution in [2.24, 2.45) is 0 Å². The highest BCUT2D eigenvalue weighted by Crippen LogP contribution is 2.38. The van der Waals surface area contributed by atoms with Crippen LogP contribution in [0.15, 0.2) is 65.1 Å². The van der Waals surface area contributed by atoms with E-state index in [1.54, 1.807) is 24.3 Å². The largest absolute Gasteiger partial charge is 0.490 e. The maximum atomic E-state index is 13.9. The summed E-state index contributed by atoms with van der Waals surface area (Å²) in [5.74, 6) is 0.699. The average molecular weight is 466 g/mol. The van der Waals surface area contributed by atoms with Crippen molar-refractivity contribution in [2.45, 2.75) is 20.5 Å². The van der Waals surface area contributed by atoms with E-state index in [2.05, 4.69) is 22.0 Å². The number of ether oxygens (including phenoxy) is 2. The van der Waals surface area contributed by atoms with Crippen molar-refractivity contribution in [2.75, 3.05) is 6.61 Å². The number of rotatable bonds is 7. The Morgan fingerprint density at radius 3 is 2.50 bits per heavy atom. The highest BCUT2D eigenvalue weighted by atomic mass is 79.9. The number of benzene rings is 3. The summed E-state index contributed by atoms with van der Waals surface area (Å²) < 4.78 is 26.2. The van der Waals surface area contributed by atoms with Crippen LogP contribution in [0.2, 0.25) is 0 Å². The van der Waals surface area contributed by atoms with Gasteiger partial charge in [0.25, 0.3) is 0 Å². The second-order valence-electron chi connectivity index (χ2n) is 6.68. The van der Waals surface area contributed by atoms with Gasteiger partial charge in [-0.2, -0.15) is 5.26 Å².